The number of esters is 1. The molecule has 0 amide bonds. The number of nitrogens with zero attached hydrogens (tertiary/aromatic N) is 2. The molecule has 0 bridgehead atoms. The number of ether oxygens (including phenoxy) is 1. The first-order valence-electron chi connectivity index (χ1n) is 10.8. The predicted octanol–water partition coefficient (Wildman–Crippen LogP) is 3.00. The number of hydrogen-bond donors (Lipinski definition) is 2. The van der Waals surface area contributed by atoms with E-state index in [1.807, 2.05) is 18.2 Å². The fraction of sp³-hybridized carbons (Fsp3) is 0.375. The van der Waals surface area contributed by atoms with Gasteiger partial charge in [0.25, 0.3) is 5.56 Å². The minimum Gasteiger partial charge on any atom is -0.458 e. The summed E-state index contributed by atoms with van der Waals surface area (Å²) in [5.41, 5.74) is 9.72. The number of hydrogen-bond acceptors (Lipinski definition) is 6. The molecule has 7 heteroatoms. The van der Waals surface area contributed by atoms with Crippen LogP contribution in [0, 0.1) is 0 Å². The summed E-state index contributed by atoms with van der Waals surface area (Å²) < 4.78 is 6.83. The Hall–Kier alpha value is -3.19. The van der Waals surface area contributed by atoms with E-state index < -0.39 is 11.6 Å². The van der Waals surface area contributed by atoms with E-state index in [1.165, 1.54) is 0 Å². The van der Waals surface area contributed by atoms with Gasteiger partial charge in [0, 0.05) is 22.2 Å². The summed E-state index contributed by atoms with van der Waals surface area (Å²) in [6, 6.07) is 7.43. The number of fused-ring (bicyclic) bond motifs is 5. The summed E-state index contributed by atoms with van der Waals surface area (Å²) in [5.74, 6) is -0.712. The molecule has 0 fully saturated rings. The maximum absolute atomic E-state index is 13.4. The molecule has 0 saturated carbocycles. The molecule has 2 aromatic heterocycles. The second-order valence-electron chi connectivity index (χ2n) is 8.40. The van der Waals surface area contributed by atoms with Gasteiger partial charge in [-0.25, -0.2) is 9.78 Å². The zero-order valence-corrected chi connectivity index (χ0v) is 17.7. The van der Waals surface area contributed by atoms with Crippen molar-refractivity contribution in [2.45, 2.75) is 58.3 Å². The Morgan fingerprint density at radius 2 is 2.03 bits per heavy atom. The summed E-state index contributed by atoms with van der Waals surface area (Å²) in [7, 11) is 0. The Morgan fingerprint density at radius 3 is 2.77 bits per heavy atom. The quantitative estimate of drug-likeness (QED) is 0.389. The molecular weight excluding hydrogens is 394 g/mol. The lowest BCUT2D eigenvalue weighted by molar-refractivity contribution is -0.172. The molecule has 2 aliphatic rings. The average Bonchev–Trinajstić information content (AvgIpc) is 3.13. The first-order valence-corrected chi connectivity index (χ1v) is 10.8. The molecule has 2 aliphatic heterocycles. The molecule has 0 spiro atoms. The van der Waals surface area contributed by atoms with Crippen LogP contribution in [-0.2, 0) is 34.7 Å². The zero-order chi connectivity index (χ0) is 21.9. The highest BCUT2D eigenvalue weighted by atomic mass is 16.6. The van der Waals surface area contributed by atoms with Gasteiger partial charge in [-0.15, -0.1) is 0 Å². The number of nitrogen functional groups attached to an aromatic ring is 1. The minimum atomic E-state index is -1.82. The number of aryl methyl sites for hydroxylation is 1. The second kappa shape index (κ2) is 6.92. The number of cyclic esters (lactones) is 1. The van der Waals surface area contributed by atoms with Crippen molar-refractivity contribution in [2.24, 2.45) is 0 Å². The molecule has 1 atom stereocenters. The van der Waals surface area contributed by atoms with Gasteiger partial charge in [-0.1, -0.05) is 20.3 Å². The molecule has 1 unspecified atom stereocenters. The van der Waals surface area contributed by atoms with Crippen molar-refractivity contribution in [1.29, 1.82) is 0 Å². The lowest BCUT2D eigenvalue weighted by Gasteiger charge is -2.31. The predicted molar refractivity (Wildman–Crippen MR) is 118 cm³/mol. The largest absolute Gasteiger partial charge is 0.458 e. The minimum absolute atomic E-state index is 0.124. The van der Waals surface area contributed by atoms with Crippen LogP contribution in [0.1, 0.15) is 55.4 Å². The number of rotatable bonds is 4. The third-order valence-corrected chi connectivity index (χ3v) is 6.61. The molecule has 3 N–H and O–H groups in total. The van der Waals surface area contributed by atoms with Gasteiger partial charge in [-0.2, -0.15) is 0 Å². The third kappa shape index (κ3) is 2.73. The lowest BCUT2D eigenvalue weighted by atomic mass is 9.86. The number of unbranched alkanes of at least 4 members (excludes halogenated alkanes) is 1. The Bertz CT molecular complexity index is 1310. The van der Waals surface area contributed by atoms with Gasteiger partial charge in [-0.3, -0.25) is 4.79 Å². The van der Waals surface area contributed by atoms with Crippen molar-refractivity contribution in [2.75, 3.05) is 5.73 Å². The molecule has 1 aromatic carbocycles. The van der Waals surface area contributed by atoms with E-state index in [0.29, 0.717) is 29.1 Å². The van der Waals surface area contributed by atoms with E-state index in [1.54, 1.807) is 17.6 Å². The summed E-state index contributed by atoms with van der Waals surface area (Å²) in [6.45, 7) is 4.13. The van der Waals surface area contributed by atoms with Gasteiger partial charge in [-0.05, 0) is 49.1 Å². The van der Waals surface area contributed by atoms with Crippen LogP contribution in [0.5, 0.6) is 0 Å². The highest BCUT2D eigenvalue weighted by molar-refractivity contribution is 5.90. The first-order chi connectivity index (χ1) is 14.9. The third-order valence-electron chi connectivity index (χ3n) is 6.61. The molecule has 160 valence electrons. The van der Waals surface area contributed by atoms with Crippen molar-refractivity contribution in [1.82, 2.24) is 9.55 Å². The van der Waals surface area contributed by atoms with Crippen molar-refractivity contribution < 1.29 is 14.6 Å². The Kier molecular flexibility index (Phi) is 4.41. The van der Waals surface area contributed by atoms with Crippen molar-refractivity contribution >= 4 is 22.6 Å². The van der Waals surface area contributed by atoms with Crippen LogP contribution in [0.4, 0.5) is 5.69 Å². The van der Waals surface area contributed by atoms with Gasteiger partial charge in [0.05, 0.1) is 29.0 Å². The highest BCUT2D eigenvalue weighted by Crippen LogP contribution is 2.40. The van der Waals surface area contributed by atoms with Crippen LogP contribution in [0.25, 0.3) is 22.3 Å². The van der Waals surface area contributed by atoms with Crippen molar-refractivity contribution in [3.8, 4) is 11.4 Å². The number of aromatic nitrogens is 2. The maximum atomic E-state index is 13.4. The van der Waals surface area contributed by atoms with Crippen LogP contribution in [0.3, 0.4) is 0 Å². The molecule has 31 heavy (non-hydrogen) atoms. The number of benzene rings is 1. The summed E-state index contributed by atoms with van der Waals surface area (Å²) >= 11 is 0. The standard InChI is InChI=1S/C24H25N3O4/c1-3-5-6-14-15-9-13(25)7-8-19(15)26-21-16(14)11-27-20(21)10-18-17(22(27)28)12-31-23(29)24(18,30)4-2/h7-10,30H,3-6,11-12,25H2,1-2H3. The van der Waals surface area contributed by atoms with Gasteiger partial charge in [0.15, 0.2) is 5.60 Å². The van der Waals surface area contributed by atoms with Crippen molar-refractivity contribution in [3.05, 3.63) is 56.9 Å². The Labute approximate surface area is 179 Å². The number of nitrogens with two attached hydrogens (primary N) is 1. The van der Waals surface area contributed by atoms with Gasteiger partial charge >= 0.3 is 5.97 Å². The number of aliphatic hydroxyl groups is 1. The van der Waals surface area contributed by atoms with Gasteiger partial charge in [0.1, 0.15) is 6.61 Å². The van der Waals surface area contributed by atoms with Gasteiger partial charge < -0.3 is 20.1 Å². The molecular formula is C24H25N3O4. The van der Waals surface area contributed by atoms with Crippen molar-refractivity contribution in [3.63, 3.8) is 0 Å². The van der Waals surface area contributed by atoms with Crippen LogP contribution >= 0.6 is 0 Å². The monoisotopic (exact) mass is 419 g/mol. The molecule has 3 aromatic rings. The molecule has 0 saturated heterocycles. The molecule has 5 rings (SSSR count). The molecule has 0 aliphatic carbocycles. The molecule has 4 heterocycles. The summed E-state index contributed by atoms with van der Waals surface area (Å²) in [4.78, 5) is 30.6. The normalized spacial score (nSPS) is 19.1. The van der Waals surface area contributed by atoms with E-state index in [0.717, 1.165) is 47.0 Å². The van der Waals surface area contributed by atoms with Crippen LogP contribution in [-0.4, -0.2) is 20.6 Å². The maximum Gasteiger partial charge on any atom is 0.343 e. The number of carbonyl (C=O) groups is 1. The smallest absolute Gasteiger partial charge is 0.343 e. The number of anilines is 1. The molecule has 7 nitrogen and oxygen atoms in total. The fourth-order valence-electron chi connectivity index (χ4n) is 4.82. The van der Waals surface area contributed by atoms with E-state index >= 15 is 0 Å². The zero-order valence-electron chi connectivity index (χ0n) is 17.7. The van der Waals surface area contributed by atoms with Gasteiger partial charge in [0.2, 0.25) is 0 Å². The average molecular weight is 419 g/mol. The van der Waals surface area contributed by atoms with E-state index in [-0.39, 0.29) is 18.6 Å². The first kappa shape index (κ1) is 19.8. The van der Waals surface area contributed by atoms with E-state index in [2.05, 4.69) is 6.92 Å². The SMILES string of the molecule is CCCCc1c2c(nc3ccc(N)cc13)-c1cc3c(c(=O)n1C2)COC(=O)C3(O)CC. The molecule has 0 radical (unpaired) electrons. The lowest BCUT2D eigenvalue weighted by Crippen LogP contribution is -2.44. The highest BCUT2D eigenvalue weighted by Gasteiger charge is 2.45. The van der Waals surface area contributed by atoms with Crippen LogP contribution in [0.2, 0.25) is 0 Å². The van der Waals surface area contributed by atoms with E-state index in [4.69, 9.17) is 15.5 Å². The summed E-state index contributed by atoms with van der Waals surface area (Å²) in [6.07, 6.45) is 3.05. The van der Waals surface area contributed by atoms with E-state index in [9.17, 15) is 14.7 Å². The number of pyridine rings is 2. The Morgan fingerprint density at radius 1 is 1.23 bits per heavy atom. The topological polar surface area (TPSA) is 107 Å². The van der Waals surface area contributed by atoms with Crippen LogP contribution < -0.4 is 11.3 Å². The number of carbonyl (C=O) groups excluding carboxylic acids is 1. The summed E-state index contributed by atoms with van der Waals surface area (Å²) in [5, 5.41) is 12.0. The Balaban J connectivity index is 1.80. The second-order valence-corrected chi connectivity index (χ2v) is 8.40. The fourth-order valence-corrected chi connectivity index (χ4v) is 4.82. The van der Waals surface area contributed by atoms with Crippen LogP contribution in [0.15, 0.2) is 29.1 Å².